The molecule has 1 aromatic heterocycles. The van der Waals surface area contributed by atoms with E-state index >= 15 is 0 Å². The SMILES string of the molecule is CCOc1ccc(-c2csc(NC(=O)c3ccc(C)c(NC(C)=O)c3)n2)cc1. The van der Waals surface area contributed by atoms with Gasteiger partial charge in [0.1, 0.15) is 5.75 Å². The minimum atomic E-state index is -0.279. The molecule has 0 fully saturated rings. The third-order valence-corrected chi connectivity index (χ3v) is 4.75. The van der Waals surface area contributed by atoms with Gasteiger partial charge in [0, 0.05) is 29.1 Å². The number of hydrogen-bond acceptors (Lipinski definition) is 5. The molecule has 2 aromatic carbocycles. The first-order chi connectivity index (χ1) is 13.5. The van der Waals surface area contributed by atoms with Gasteiger partial charge in [-0.05, 0) is 55.8 Å². The number of amides is 2. The van der Waals surface area contributed by atoms with Gasteiger partial charge in [0.05, 0.1) is 12.3 Å². The second kappa shape index (κ2) is 8.67. The van der Waals surface area contributed by atoms with Crippen molar-refractivity contribution in [3.63, 3.8) is 0 Å². The van der Waals surface area contributed by atoms with Crippen LogP contribution in [0, 0.1) is 6.92 Å². The van der Waals surface area contributed by atoms with Gasteiger partial charge < -0.3 is 10.1 Å². The summed E-state index contributed by atoms with van der Waals surface area (Å²) < 4.78 is 5.44. The predicted molar refractivity (Wildman–Crippen MR) is 112 cm³/mol. The molecule has 0 saturated heterocycles. The molecule has 144 valence electrons. The van der Waals surface area contributed by atoms with Crippen molar-refractivity contribution in [2.75, 3.05) is 17.2 Å². The number of anilines is 2. The van der Waals surface area contributed by atoms with E-state index in [2.05, 4.69) is 15.6 Å². The van der Waals surface area contributed by atoms with Crippen LogP contribution in [-0.4, -0.2) is 23.4 Å². The second-order valence-corrected chi connectivity index (χ2v) is 7.02. The lowest BCUT2D eigenvalue weighted by Crippen LogP contribution is -2.13. The quantitative estimate of drug-likeness (QED) is 0.632. The number of aryl methyl sites for hydroxylation is 1. The highest BCUT2D eigenvalue weighted by Gasteiger charge is 2.12. The van der Waals surface area contributed by atoms with Crippen LogP contribution < -0.4 is 15.4 Å². The van der Waals surface area contributed by atoms with Gasteiger partial charge in [-0.15, -0.1) is 11.3 Å². The Labute approximate surface area is 167 Å². The van der Waals surface area contributed by atoms with Crippen molar-refractivity contribution in [3.05, 3.63) is 59.0 Å². The largest absolute Gasteiger partial charge is 0.494 e. The Morgan fingerprint density at radius 1 is 1.11 bits per heavy atom. The molecule has 3 aromatic rings. The summed E-state index contributed by atoms with van der Waals surface area (Å²) in [6.45, 7) is 5.87. The summed E-state index contributed by atoms with van der Waals surface area (Å²) in [5, 5.41) is 7.94. The van der Waals surface area contributed by atoms with E-state index in [9.17, 15) is 9.59 Å². The number of benzene rings is 2. The lowest BCUT2D eigenvalue weighted by atomic mass is 10.1. The molecule has 0 aliphatic carbocycles. The molecule has 0 radical (unpaired) electrons. The Hall–Kier alpha value is -3.19. The average Bonchev–Trinajstić information content (AvgIpc) is 3.12. The fourth-order valence-corrected chi connectivity index (χ4v) is 3.32. The molecule has 0 atom stereocenters. The summed E-state index contributed by atoms with van der Waals surface area (Å²) >= 11 is 1.36. The lowest BCUT2D eigenvalue weighted by molar-refractivity contribution is -0.114. The fourth-order valence-electron chi connectivity index (χ4n) is 2.61. The van der Waals surface area contributed by atoms with E-state index < -0.39 is 0 Å². The Bertz CT molecular complexity index is 996. The first-order valence-corrected chi connectivity index (χ1v) is 9.72. The summed E-state index contributed by atoms with van der Waals surface area (Å²) in [7, 11) is 0. The third-order valence-electron chi connectivity index (χ3n) is 4.00. The Kier molecular flexibility index (Phi) is 6.06. The van der Waals surface area contributed by atoms with Crippen molar-refractivity contribution in [1.82, 2.24) is 4.98 Å². The highest BCUT2D eigenvalue weighted by molar-refractivity contribution is 7.14. The number of thiazole rings is 1. The molecular formula is C21H21N3O3S. The van der Waals surface area contributed by atoms with Crippen LogP contribution in [0.2, 0.25) is 0 Å². The van der Waals surface area contributed by atoms with Crippen molar-refractivity contribution in [2.45, 2.75) is 20.8 Å². The van der Waals surface area contributed by atoms with Crippen molar-refractivity contribution in [3.8, 4) is 17.0 Å². The van der Waals surface area contributed by atoms with Gasteiger partial charge in [-0.2, -0.15) is 0 Å². The van der Waals surface area contributed by atoms with Crippen LogP contribution in [0.15, 0.2) is 47.8 Å². The van der Waals surface area contributed by atoms with Gasteiger partial charge in [0.15, 0.2) is 5.13 Å². The van der Waals surface area contributed by atoms with E-state index in [-0.39, 0.29) is 11.8 Å². The van der Waals surface area contributed by atoms with Crippen molar-refractivity contribution in [1.29, 1.82) is 0 Å². The standard InChI is InChI=1S/C21H21N3O3S/c1-4-27-17-9-7-15(8-10-17)19-12-28-21(23-19)24-20(26)16-6-5-13(2)18(11-16)22-14(3)25/h5-12H,4H2,1-3H3,(H,22,25)(H,23,24,26). The maximum Gasteiger partial charge on any atom is 0.257 e. The van der Waals surface area contributed by atoms with Crippen LogP contribution in [0.5, 0.6) is 5.75 Å². The zero-order valence-electron chi connectivity index (χ0n) is 15.9. The molecule has 0 spiro atoms. The maximum absolute atomic E-state index is 12.6. The molecule has 2 N–H and O–H groups in total. The van der Waals surface area contributed by atoms with E-state index in [4.69, 9.17) is 4.74 Å². The summed E-state index contributed by atoms with van der Waals surface area (Å²) in [5.41, 5.74) is 3.69. The van der Waals surface area contributed by atoms with Gasteiger partial charge >= 0.3 is 0 Å². The molecule has 3 rings (SSSR count). The minimum absolute atomic E-state index is 0.180. The van der Waals surface area contributed by atoms with Crippen LogP contribution in [0.3, 0.4) is 0 Å². The van der Waals surface area contributed by atoms with E-state index in [0.29, 0.717) is 23.0 Å². The first kappa shape index (κ1) is 19.6. The molecule has 28 heavy (non-hydrogen) atoms. The molecule has 6 nitrogen and oxygen atoms in total. The lowest BCUT2D eigenvalue weighted by Gasteiger charge is -2.09. The van der Waals surface area contributed by atoms with Crippen LogP contribution in [-0.2, 0) is 4.79 Å². The van der Waals surface area contributed by atoms with E-state index in [0.717, 1.165) is 22.6 Å². The van der Waals surface area contributed by atoms with Crippen molar-refractivity contribution < 1.29 is 14.3 Å². The molecule has 0 aliphatic heterocycles. The first-order valence-electron chi connectivity index (χ1n) is 8.84. The molecule has 0 saturated carbocycles. The summed E-state index contributed by atoms with van der Waals surface area (Å²) in [6.07, 6.45) is 0. The topological polar surface area (TPSA) is 80.3 Å². The number of ether oxygens (including phenoxy) is 1. The molecular weight excluding hydrogens is 374 g/mol. The van der Waals surface area contributed by atoms with E-state index in [1.165, 1.54) is 18.3 Å². The van der Waals surface area contributed by atoms with Crippen molar-refractivity contribution >= 4 is 34.0 Å². The molecule has 0 bridgehead atoms. The molecule has 2 amide bonds. The van der Waals surface area contributed by atoms with E-state index in [1.807, 2.05) is 43.5 Å². The highest BCUT2D eigenvalue weighted by Crippen LogP contribution is 2.27. The number of carbonyl (C=O) groups is 2. The minimum Gasteiger partial charge on any atom is -0.494 e. The van der Waals surface area contributed by atoms with Crippen LogP contribution >= 0.6 is 11.3 Å². The zero-order valence-corrected chi connectivity index (χ0v) is 16.7. The van der Waals surface area contributed by atoms with Gasteiger partial charge in [-0.1, -0.05) is 6.07 Å². The molecule has 7 heteroatoms. The van der Waals surface area contributed by atoms with Gasteiger partial charge in [0.25, 0.3) is 5.91 Å². The Morgan fingerprint density at radius 2 is 1.86 bits per heavy atom. The van der Waals surface area contributed by atoms with E-state index in [1.54, 1.807) is 18.2 Å². The van der Waals surface area contributed by atoms with Gasteiger partial charge in [-0.25, -0.2) is 4.98 Å². The predicted octanol–water partition coefficient (Wildman–Crippen LogP) is 4.73. The number of aromatic nitrogens is 1. The maximum atomic E-state index is 12.6. The Morgan fingerprint density at radius 3 is 2.54 bits per heavy atom. The highest BCUT2D eigenvalue weighted by atomic mass is 32.1. The number of hydrogen-bond donors (Lipinski definition) is 2. The number of carbonyl (C=O) groups excluding carboxylic acids is 2. The van der Waals surface area contributed by atoms with Crippen LogP contribution in [0.25, 0.3) is 11.3 Å². The summed E-state index contributed by atoms with van der Waals surface area (Å²) in [4.78, 5) is 28.3. The normalized spacial score (nSPS) is 10.4. The zero-order chi connectivity index (χ0) is 20.1. The average molecular weight is 395 g/mol. The molecule has 0 aliphatic rings. The second-order valence-electron chi connectivity index (χ2n) is 6.16. The monoisotopic (exact) mass is 395 g/mol. The smallest absolute Gasteiger partial charge is 0.257 e. The van der Waals surface area contributed by atoms with Crippen LogP contribution in [0.1, 0.15) is 29.8 Å². The Balaban J connectivity index is 1.72. The summed E-state index contributed by atoms with van der Waals surface area (Å²) in [6, 6.07) is 12.8. The molecule has 1 heterocycles. The van der Waals surface area contributed by atoms with Crippen molar-refractivity contribution in [2.24, 2.45) is 0 Å². The third kappa shape index (κ3) is 4.75. The number of rotatable bonds is 6. The van der Waals surface area contributed by atoms with Gasteiger partial charge in [0.2, 0.25) is 5.91 Å². The fraction of sp³-hybridized carbons (Fsp3) is 0.190. The van der Waals surface area contributed by atoms with Gasteiger partial charge in [-0.3, -0.25) is 14.9 Å². The number of nitrogens with zero attached hydrogens (tertiary/aromatic N) is 1. The molecule has 0 unspecified atom stereocenters. The van der Waals surface area contributed by atoms with Crippen LogP contribution in [0.4, 0.5) is 10.8 Å². The number of nitrogens with one attached hydrogen (secondary N) is 2. The summed E-state index contributed by atoms with van der Waals surface area (Å²) in [5.74, 6) is 0.351.